The molecule has 0 bridgehead atoms. The molecule has 1 N–H and O–H groups in total. The molecule has 21 heavy (non-hydrogen) atoms. The summed E-state index contributed by atoms with van der Waals surface area (Å²) in [7, 11) is 1.64. The van der Waals surface area contributed by atoms with Gasteiger partial charge in [0.05, 0.1) is 12.1 Å². The zero-order chi connectivity index (χ0) is 15.2. The second-order valence-corrected chi connectivity index (χ2v) is 6.16. The molecule has 0 aliphatic carbocycles. The van der Waals surface area contributed by atoms with Crippen LogP contribution in [0, 0.1) is 0 Å². The Morgan fingerprint density at radius 3 is 2.52 bits per heavy atom. The van der Waals surface area contributed by atoms with Crippen molar-refractivity contribution in [1.82, 2.24) is 5.32 Å². The summed E-state index contributed by atoms with van der Waals surface area (Å²) in [4.78, 5) is 0. The van der Waals surface area contributed by atoms with Gasteiger partial charge in [0, 0.05) is 10.5 Å². The summed E-state index contributed by atoms with van der Waals surface area (Å²) in [5, 5.41) is 4.16. The molecule has 2 nitrogen and oxygen atoms in total. The van der Waals surface area contributed by atoms with E-state index < -0.39 is 0 Å². The number of rotatable bonds is 6. The van der Waals surface area contributed by atoms with E-state index in [9.17, 15) is 0 Å². The number of nitrogens with one attached hydrogen (secondary N) is 1. The Bertz CT molecular complexity index is 586. The molecule has 2 aromatic rings. The minimum Gasteiger partial charge on any atom is -0.495 e. The van der Waals surface area contributed by atoms with Crippen molar-refractivity contribution in [3.63, 3.8) is 0 Å². The average molecular weight is 369 g/mol. The Labute approximate surface area is 139 Å². The first-order valence-corrected chi connectivity index (χ1v) is 8.12. The first kappa shape index (κ1) is 16.3. The second-order valence-electron chi connectivity index (χ2n) is 4.83. The van der Waals surface area contributed by atoms with E-state index in [-0.39, 0.29) is 6.04 Å². The van der Waals surface area contributed by atoms with Crippen LogP contribution in [0.5, 0.6) is 5.75 Å². The zero-order valence-corrected chi connectivity index (χ0v) is 14.5. The van der Waals surface area contributed by atoms with Crippen LogP contribution < -0.4 is 10.1 Å². The molecule has 0 saturated carbocycles. The van der Waals surface area contributed by atoms with Crippen LogP contribution in [-0.2, 0) is 6.42 Å². The lowest BCUT2D eigenvalue weighted by molar-refractivity contribution is 0.413. The van der Waals surface area contributed by atoms with Crippen LogP contribution in [0.1, 0.15) is 24.1 Å². The molecule has 0 spiro atoms. The number of hydrogen-bond acceptors (Lipinski definition) is 2. The maximum Gasteiger partial charge on any atom is 0.137 e. The van der Waals surface area contributed by atoms with Gasteiger partial charge in [-0.05, 0) is 48.4 Å². The first-order chi connectivity index (χ1) is 10.1. The number of benzene rings is 2. The summed E-state index contributed by atoms with van der Waals surface area (Å²) in [5.41, 5.74) is 2.47. The lowest BCUT2D eigenvalue weighted by atomic mass is 9.98. The Morgan fingerprint density at radius 2 is 1.90 bits per heavy atom. The monoisotopic (exact) mass is 367 g/mol. The zero-order valence-electron chi connectivity index (χ0n) is 12.2. The van der Waals surface area contributed by atoms with Gasteiger partial charge in [0.1, 0.15) is 5.75 Å². The molecule has 0 heterocycles. The highest BCUT2D eigenvalue weighted by molar-refractivity contribution is 9.10. The van der Waals surface area contributed by atoms with E-state index in [1.165, 1.54) is 11.1 Å². The topological polar surface area (TPSA) is 21.3 Å². The number of ether oxygens (including phenoxy) is 1. The molecule has 1 atom stereocenters. The van der Waals surface area contributed by atoms with Crippen molar-refractivity contribution in [3.8, 4) is 5.75 Å². The number of hydrogen-bond donors (Lipinski definition) is 1. The Kier molecular flexibility index (Phi) is 6.09. The van der Waals surface area contributed by atoms with Gasteiger partial charge in [-0.3, -0.25) is 0 Å². The highest BCUT2D eigenvalue weighted by Crippen LogP contribution is 2.29. The van der Waals surface area contributed by atoms with Gasteiger partial charge >= 0.3 is 0 Å². The molecular formula is C17H19BrClNO. The molecule has 0 aromatic heterocycles. The lowest BCUT2D eigenvalue weighted by Crippen LogP contribution is -2.23. The third-order valence-corrected chi connectivity index (χ3v) is 4.22. The van der Waals surface area contributed by atoms with Gasteiger partial charge < -0.3 is 10.1 Å². The fourth-order valence-electron chi connectivity index (χ4n) is 2.30. The molecule has 0 fully saturated rings. The molecule has 1 unspecified atom stereocenters. The van der Waals surface area contributed by atoms with Gasteiger partial charge in [0.15, 0.2) is 0 Å². The molecule has 2 aromatic carbocycles. The summed E-state index contributed by atoms with van der Waals surface area (Å²) in [6.45, 7) is 3.02. The molecular weight excluding hydrogens is 350 g/mol. The van der Waals surface area contributed by atoms with Crippen molar-refractivity contribution >= 4 is 27.5 Å². The SMILES string of the molecule is CCNC(Cc1ccc(Br)cc1)c1ccc(Cl)c(OC)c1. The van der Waals surface area contributed by atoms with Gasteiger partial charge in [-0.15, -0.1) is 0 Å². The molecule has 2 rings (SSSR count). The van der Waals surface area contributed by atoms with E-state index in [4.69, 9.17) is 16.3 Å². The van der Waals surface area contributed by atoms with Crippen molar-refractivity contribution in [2.45, 2.75) is 19.4 Å². The molecule has 0 aliphatic heterocycles. The fraction of sp³-hybridized carbons (Fsp3) is 0.294. The van der Waals surface area contributed by atoms with Gasteiger partial charge in [-0.1, -0.05) is 52.7 Å². The highest BCUT2D eigenvalue weighted by atomic mass is 79.9. The average Bonchev–Trinajstić information content (AvgIpc) is 2.49. The van der Waals surface area contributed by atoms with E-state index in [0.717, 1.165) is 17.4 Å². The molecule has 112 valence electrons. The first-order valence-electron chi connectivity index (χ1n) is 6.95. The van der Waals surface area contributed by atoms with Crippen molar-refractivity contribution in [2.24, 2.45) is 0 Å². The summed E-state index contributed by atoms with van der Waals surface area (Å²) < 4.78 is 6.41. The Hall–Kier alpha value is -1.03. The van der Waals surface area contributed by atoms with E-state index in [0.29, 0.717) is 10.8 Å². The van der Waals surface area contributed by atoms with Crippen LogP contribution in [0.15, 0.2) is 46.9 Å². The maximum atomic E-state index is 6.11. The molecule has 0 radical (unpaired) electrons. The van der Waals surface area contributed by atoms with E-state index >= 15 is 0 Å². The second kappa shape index (κ2) is 7.83. The van der Waals surface area contributed by atoms with E-state index in [1.807, 2.05) is 12.1 Å². The van der Waals surface area contributed by atoms with Crippen molar-refractivity contribution in [2.75, 3.05) is 13.7 Å². The standard InChI is InChI=1S/C17H19BrClNO/c1-3-20-16(10-12-4-7-14(18)8-5-12)13-6-9-15(19)17(11-13)21-2/h4-9,11,16,20H,3,10H2,1-2H3. The van der Waals surface area contributed by atoms with Crippen LogP contribution in [0.4, 0.5) is 0 Å². The third kappa shape index (κ3) is 4.47. The summed E-state index contributed by atoms with van der Waals surface area (Å²) in [6.07, 6.45) is 0.923. The van der Waals surface area contributed by atoms with Crippen molar-refractivity contribution in [1.29, 1.82) is 0 Å². The predicted octanol–water partition coefficient (Wildman–Crippen LogP) is 5.00. The maximum absolute atomic E-state index is 6.11. The summed E-state index contributed by atoms with van der Waals surface area (Å²) in [6, 6.07) is 14.6. The summed E-state index contributed by atoms with van der Waals surface area (Å²) in [5.74, 6) is 0.716. The summed E-state index contributed by atoms with van der Waals surface area (Å²) >= 11 is 9.57. The lowest BCUT2D eigenvalue weighted by Gasteiger charge is -2.19. The predicted molar refractivity (Wildman–Crippen MR) is 92.3 cm³/mol. The fourth-order valence-corrected chi connectivity index (χ4v) is 2.76. The van der Waals surface area contributed by atoms with Crippen LogP contribution in [0.2, 0.25) is 5.02 Å². The van der Waals surface area contributed by atoms with E-state index in [1.54, 1.807) is 7.11 Å². The minimum atomic E-state index is 0.238. The molecule has 0 aliphatic rings. The highest BCUT2D eigenvalue weighted by Gasteiger charge is 2.13. The third-order valence-electron chi connectivity index (χ3n) is 3.38. The molecule has 0 saturated heterocycles. The van der Waals surface area contributed by atoms with Crippen LogP contribution in [-0.4, -0.2) is 13.7 Å². The van der Waals surface area contributed by atoms with Gasteiger partial charge in [-0.25, -0.2) is 0 Å². The van der Waals surface area contributed by atoms with Crippen LogP contribution in [0.25, 0.3) is 0 Å². The molecule has 0 amide bonds. The number of methoxy groups -OCH3 is 1. The van der Waals surface area contributed by atoms with Crippen molar-refractivity contribution < 1.29 is 4.74 Å². The van der Waals surface area contributed by atoms with Gasteiger partial charge in [0.25, 0.3) is 0 Å². The van der Waals surface area contributed by atoms with Crippen LogP contribution >= 0.6 is 27.5 Å². The number of likely N-dealkylation sites (N-methyl/N-ethyl adjacent to an activating group) is 1. The Morgan fingerprint density at radius 1 is 1.19 bits per heavy atom. The largest absolute Gasteiger partial charge is 0.495 e. The molecule has 4 heteroatoms. The van der Waals surface area contributed by atoms with Crippen LogP contribution in [0.3, 0.4) is 0 Å². The normalized spacial score (nSPS) is 12.2. The van der Waals surface area contributed by atoms with E-state index in [2.05, 4.69) is 58.5 Å². The quantitative estimate of drug-likeness (QED) is 0.774. The number of halogens is 2. The van der Waals surface area contributed by atoms with Gasteiger partial charge in [0.2, 0.25) is 0 Å². The minimum absolute atomic E-state index is 0.238. The van der Waals surface area contributed by atoms with Crippen molar-refractivity contribution in [3.05, 3.63) is 63.1 Å². The smallest absolute Gasteiger partial charge is 0.137 e. The Balaban J connectivity index is 2.23. The van der Waals surface area contributed by atoms with Gasteiger partial charge in [-0.2, -0.15) is 0 Å².